The van der Waals surface area contributed by atoms with Crippen molar-refractivity contribution in [2.45, 2.75) is 25.7 Å². The molecule has 1 aliphatic heterocycles. The van der Waals surface area contributed by atoms with Crippen molar-refractivity contribution < 1.29 is 13.2 Å². The first-order valence-electron chi connectivity index (χ1n) is 9.78. The zero-order valence-corrected chi connectivity index (χ0v) is 17.9. The van der Waals surface area contributed by atoms with Crippen LogP contribution < -0.4 is 10.2 Å². The average molecular weight is 422 g/mol. The SMILES string of the molecule is CC1=NS(=O)(=O)c2cc(C(=O)Nc3cccc4ccccc34)ccc2N1CC(C)C. The number of amides is 1. The third kappa shape index (κ3) is 3.68. The maximum atomic E-state index is 12.9. The van der Waals surface area contributed by atoms with E-state index >= 15 is 0 Å². The molecular weight excluding hydrogens is 398 g/mol. The Morgan fingerprint density at radius 1 is 1.07 bits per heavy atom. The Morgan fingerprint density at radius 3 is 2.57 bits per heavy atom. The van der Waals surface area contributed by atoms with E-state index < -0.39 is 10.0 Å². The fraction of sp³-hybridized carbons (Fsp3) is 0.217. The van der Waals surface area contributed by atoms with Crippen molar-refractivity contribution in [1.29, 1.82) is 0 Å². The Kier molecular flexibility index (Phi) is 5.07. The number of hydrogen-bond acceptors (Lipinski definition) is 4. The molecule has 0 fully saturated rings. The minimum atomic E-state index is -3.86. The first-order valence-corrected chi connectivity index (χ1v) is 11.2. The van der Waals surface area contributed by atoms with Crippen LogP contribution in [0.25, 0.3) is 10.8 Å². The normalized spacial score (nSPS) is 15.1. The highest BCUT2D eigenvalue weighted by molar-refractivity contribution is 7.90. The number of benzene rings is 3. The number of nitrogens with zero attached hydrogens (tertiary/aromatic N) is 2. The molecule has 0 unspecified atom stereocenters. The second-order valence-electron chi connectivity index (χ2n) is 7.78. The zero-order valence-electron chi connectivity index (χ0n) is 17.1. The van der Waals surface area contributed by atoms with E-state index in [-0.39, 0.29) is 16.4 Å². The Bertz CT molecular complexity index is 1270. The predicted molar refractivity (Wildman–Crippen MR) is 121 cm³/mol. The standard InChI is InChI=1S/C23H23N3O3S/c1-15(2)14-26-16(3)25-30(28,29)22-13-18(11-12-21(22)26)23(27)24-20-10-6-8-17-7-4-5-9-19(17)20/h4-13,15H,14H2,1-3H3,(H,24,27). The molecule has 4 rings (SSSR count). The minimum Gasteiger partial charge on any atom is -0.328 e. The lowest BCUT2D eigenvalue weighted by Crippen LogP contribution is -2.36. The first-order chi connectivity index (χ1) is 14.3. The summed E-state index contributed by atoms with van der Waals surface area (Å²) in [6.45, 7) is 6.44. The summed E-state index contributed by atoms with van der Waals surface area (Å²) in [7, 11) is -3.86. The van der Waals surface area contributed by atoms with Crippen molar-refractivity contribution >= 4 is 43.9 Å². The average Bonchev–Trinajstić information content (AvgIpc) is 2.70. The number of carbonyl (C=O) groups is 1. The molecular formula is C23H23N3O3S. The number of rotatable bonds is 4. The molecule has 7 heteroatoms. The number of amidine groups is 1. The van der Waals surface area contributed by atoms with Gasteiger partial charge in [0.1, 0.15) is 10.7 Å². The number of nitrogens with one attached hydrogen (secondary N) is 1. The highest BCUT2D eigenvalue weighted by atomic mass is 32.2. The van der Waals surface area contributed by atoms with Crippen molar-refractivity contribution in [2.75, 3.05) is 16.8 Å². The molecule has 1 amide bonds. The van der Waals surface area contributed by atoms with Gasteiger partial charge in [-0.3, -0.25) is 4.79 Å². The molecule has 0 saturated carbocycles. The summed E-state index contributed by atoms with van der Waals surface area (Å²) in [4.78, 5) is 14.9. The summed E-state index contributed by atoms with van der Waals surface area (Å²) in [6, 6.07) is 18.2. The van der Waals surface area contributed by atoms with E-state index in [1.54, 1.807) is 19.1 Å². The summed E-state index contributed by atoms with van der Waals surface area (Å²) >= 11 is 0. The van der Waals surface area contributed by atoms with Gasteiger partial charge in [0.15, 0.2) is 0 Å². The maximum Gasteiger partial charge on any atom is 0.286 e. The van der Waals surface area contributed by atoms with Gasteiger partial charge >= 0.3 is 0 Å². The summed E-state index contributed by atoms with van der Waals surface area (Å²) in [5.74, 6) is 0.383. The van der Waals surface area contributed by atoms with Crippen molar-refractivity contribution in [2.24, 2.45) is 10.3 Å². The van der Waals surface area contributed by atoms with Gasteiger partial charge in [-0.1, -0.05) is 50.2 Å². The molecule has 3 aromatic rings. The van der Waals surface area contributed by atoms with Gasteiger partial charge in [-0.2, -0.15) is 8.42 Å². The lowest BCUT2D eigenvalue weighted by Gasteiger charge is -2.30. The smallest absolute Gasteiger partial charge is 0.286 e. The van der Waals surface area contributed by atoms with E-state index in [9.17, 15) is 13.2 Å². The first kappa shape index (κ1) is 20.1. The summed E-state index contributed by atoms with van der Waals surface area (Å²) < 4.78 is 29.3. The van der Waals surface area contributed by atoms with Gasteiger partial charge in [0.25, 0.3) is 15.9 Å². The lowest BCUT2D eigenvalue weighted by molar-refractivity contribution is 0.102. The van der Waals surface area contributed by atoms with Crippen LogP contribution in [0.1, 0.15) is 31.1 Å². The molecule has 154 valence electrons. The maximum absolute atomic E-state index is 12.9. The number of fused-ring (bicyclic) bond motifs is 2. The van der Waals surface area contributed by atoms with Gasteiger partial charge in [0.2, 0.25) is 0 Å². The molecule has 0 aliphatic carbocycles. The summed E-state index contributed by atoms with van der Waals surface area (Å²) in [5.41, 5.74) is 1.50. The number of anilines is 2. The number of hydrogen-bond donors (Lipinski definition) is 1. The molecule has 1 heterocycles. The fourth-order valence-electron chi connectivity index (χ4n) is 3.66. The van der Waals surface area contributed by atoms with Crippen LogP contribution >= 0.6 is 0 Å². The highest BCUT2D eigenvalue weighted by Crippen LogP contribution is 2.33. The van der Waals surface area contributed by atoms with Gasteiger partial charge < -0.3 is 10.2 Å². The Balaban J connectivity index is 1.71. The molecule has 30 heavy (non-hydrogen) atoms. The topological polar surface area (TPSA) is 78.8 Å². The lowest BCUT2D eigenvalue weighted by atomic mass is 10.1. The van der Waals surface area contributed by atoms with Gasteiger partial charge in [-0.05, 0) is 42.5 Å². The summed E-state index contributed by atoms with van der Waals surface area (Å²) in [6.07, 6.45) is 0. The monoisotopic (exact) mass is 421 g/mol. The van der Waals surface area contributed by atoms with E-state index in [0.717, 1.165) is 10.8 Å². The molecule has 0 atom stereocenters. The van der Waals surface area contributed by atoms with Crippen molar-refractivity contribution in [3.63, 3.8) is 0 Å². The molecule has 0 radical (unpaired) electrons. The molecule has 1 aliphatic rings. The zero-order chi connectivity index (χ0) is 21.5. The van der Waals surface area contributed by atoms with Gasteiger partial charge in [0.05, 0.1) is 5.69 Å². The molecule has 3 aromatic carbocycles. The van der Waals surface area contributed by atoms with Crippen LogP contribution in [-0.4, -0.2) is 26.7 Å². The molecule has 0 aromatic heterocycles. The molecule has 1 N–H and O–H groups in total. The van der Waals surface area contributed by atoms with Crippen molar-refractivity contribution in [3.8, 4) is 0 Å². The Morgan fingerprint density at radius 2 is 1.80 bits per heavy atom. The third-order valence-electron chi connectivity index (χ3n) is 5.02. The van der Waals surface area contributed by atoms with Gasteiger partial charge in [-0.25, -0.2) is 0 Å². The fourth-order valence-corrected chi connectivity index (χ4v) is 4.92. The van der Waals surface area contributed by atoms with Crippen molar-refractivity contribution in [3.05, 3.63) is 66.2 Å². The number of carbonyl (C=O) groups excluding carboxylic acids is 1. The van der Waals surface area contributed by atoms with Gasteiger partial charge in [0, 0.05) is 23.2 Å². The van der Waals surface area contributed by atoms with E-state index in [1.165, 1.54) is 6.07 Å². The second-order valence-corrected chi connectivity index (χ2v) is 9.35. The third-order valence-corrected chi connectivity index (χ3v) is 6.41. The Hall–Kier alpha value is -3.19. The van der Waals surface area contributed by atoms with Crippen LogP contribution in [0.4, 0.5) is 11.4 Å². The van der Waals surface area contributed by atoms with E-state index in [1.807, 2.05) is 47.4 Å². The van der Waals surface area contributed by atoms with Crippen LogP contribution in [0.5, 0.6) is 0 Å². The molecule has 6 nitrogen and oxygen atoms in total. The Labute approximate surface area is 176 Å². The van der Waals surface area contributed by atoms with Crippen LogP contribution in [0.15, 0.2) is 70.0 Å². The molecule has 0 saturated heterocycles. The minimum absolute atomic E-state index is 0.0549. The van der Waals surface area contributed by atoms with Crippen LogP contribution in [0.2, 0.25) is 0 Å². The van der Waals surface area contributed by atoms with Crippen LogP contribution in [-0.2, 0) is 10.0 Å². The van der Waals surface area contributed by atoms with Crippen molar-refractivity contribution in [1.82, 2.24) is 0 Å². The van der Waals surface area contributed by atoms with E-state index in [4.69, 9.17) is 0 Å². The highest BCUT2D eigenvalue weighted by Gasteiger charge is 2.30. The van der Waals surface area contributed by atoms with Crippen LogP contribution in [0.3, 0.4) is 0 Å². The second kappa shape index (κ2) is 7.57. The van der Waals surface area contributed by atoms with Crippen LogP contribution in [0, 0.1) is 5.92 Å². The largest absolute Gasteiger partial charge is 0.328 e. The van der Waals surface area contributed by atoms with E-state index in [2.05, 4.69) is 23.6 Å². The van der Waals surface area contributed by atoms with Gasteiger partial charge in [-0.15, -0.1) is 4.40 Å². The molecule has 0 spiro atoms. The molecule has 0 bridgehead atoms. The number of sulfonamides is 1. The quantitative estimate of drug-likeness (QED) is 0.664. The van der Waals surface area contributed by atoms with E-state index in [0.29, 0.717) is 29.7 Å². The summed E-state index contributed by atoms with van der Waals surface area (Å²) in [5, 5.41) is 4.83. The predicted octanol–water partition coefficient (Wildman–Crippen LogP) is 4.68.